The summed E-state index contributed by atoms with van der Waals surface area (Å²) in [6.07, 6.45) is 0. The van der Waals surface area contributed by atoms with Crippen molar-refractivity contribution in [3.05, 3.63) is 35.4 Å². The van der Waals surface area contributed by atoms with Crippen LogP contribution in [0.25, 0.3) is 0 Å². The van der Waals surface area contributed by atoms with Gasteiger partial charge in [-0.05, 0) is 12.5 Å². The molecule has 4 N–H and O–H groups in total. The average molecular weight is 320 g/mol. The van der Waals surface area contributed by atoms with Crippen LogP contribution in [-0.2, 0) is 4.79 Å². The van der Waals surface area contributed by atoms with Crippen molar-refractivity contribution in [2.24, 2.45) is 0 Å². The Bertz CT molecular complexity index is 523. The molecule has 7 heteroatoms. The van der Waals surface area contributed by atoms with Gasteiger partial charge in [0.25, 0.3) is 0 Å². The first-order valence-electron chi connectivity index (χ1n) is 7.85. The molecule has 0 saturated carbocycles. The second-order valence-electron chi connectivity index (χ2n) is 5.52. The van der Waals surface area contributed by atoms with E-state index in [0.29, 0.717) is 30.8 Å². The van der Waals surface area contributed by atoms with Crippen molar-refractivity contribution in [2.75, 3.05) is 39.3 Å². The summed E-state index contributed by atoms with van der Waals surface area (Å²) in [6, 6.07) is 5.98. The molecule has 0 radical (unpaired) electrons. The van der Waals surface area contributed by atoms with Crippen molar-refractivity contribution in [1.82, 2.24) is 21.1 Å². The molecule has 126 valence electrons. The molecule has 1 unspecified atom stereocenters. The Hall–Kier alpha value is -1.80. The van der Waals surface area contributed by atoms with Gasteiger partial charge in [-0.2, -0.15) is 0 Å². The Balaban J connectivity index is 2.17. The molecule has 1 aliphatic heterocycles. The molecule has 1 atom stereocenters. The van der Waals surface area contributed by atoms with Gasteiger partial charge in [0.15, 0.2) is 5.78 Å². The highest BCUT2D eigenvalue weighted by molar-refractivity contribution is 5.94. The van der Waals surface area contributed by atoms with Gasteiger partial charge in [-0.25, -0.2) is 5.01 Å². The van der Waals surface area contributed by atoms with Crippen LogP contribution >= 0.6 is 0 Å². The number of hydrogen-bond acceptors (Lipinski definition) is 6. The number of carboxylic acids is 1. The van der Waals surface area contributed by atoms with Crippen LogP contribution in [0.15, 0.2) is 24.3 Å². The maximum Gasteiger partial charge on any atom is 0.326 e. The topological polar surface area (TPSA) is 93.7 Å². The molecule has 0 bridgehead atoms. The summed E-state index contributed by atoms with van der Waals surface area (Å²) in [5.41, 5.74) is 4.42. The second kappa shape index (κ2) is 8.73. The molecule has 1 aromatic rings. The van der Waals surface area contributed by atoms with Gasteiger partial charge >= 0.3 is 5.97 Å². The van der Waals surface area contributed by atoms with Crippen LogP contribution in [0.3, 0.4) is 0 Å². The summed E-state index contributed by atoms with van der Waals surface area (Å²) in [7, 11) is 0. The molecule has 1 fully saturated rings. The average Bonchev–Trinajstić information content (AvgIpc) is 2.54. The minimum atomic E-state index is -0.918. The van der Waals surface area contributed by atoms with Crippen LogP contribution in [0.1, 0.15) is 28.9 Å². The summed E-state index contributed by atoms with van der Waals surface area (Å²) < 4.78 is 0. The Kier molecular flexibility index (Phi) is 6.66. The predicted octanol–water partition coefficient (Wildman–Crippen LogP) is 0.0143. The van der Waals surface area contributed by atoms with Gasteiger partial charge in [-0.1, -0.05) is 24.3 Å². The molecule has 0 aliphatic carbocycles. The van der Waals surface area contributed by atoms with Gasteiger partial charge in [-0.15, -0.1) is 0 Å². The van der Waals surface area contributed by atoms with E-state index >= 15 is 0 Å². The number of carboxylic acid groups (broad SMARTS) is 1. The van der Waals surface area contributed by atoms with Crippen LogP contribution < -0.4 is 16.1 Å². The number of benzene rings is 1. The lowest BCUT2D eigenvalue weighted by Gasteiger charge is -2.30. The Morgan fingerprint density at radius 2 is 1.65 bits per heavy atom. The largest absolute Gasteiger partial charge is 0.480 e. The number of Topliss-reactive ketones (excluding diaryl/α,β-unsaturated/α-hetero) is 1. The molecule has 1 aliphatic rings. The number of nitrogens with one attached hydrogen (secondary N) is 3. The zero-order valence-corrected chi connectivity index (χ0v) is 13.3. The van der Waals surface area contributed by atoms with Crippen molar-refractivity contribution in [3.8, 4) is 0 Å². The maximum atomic E-state index is 11.8. The van der Waals surface area contributed by atoms with E-state index in [0.717, 1.165) is 19.6 Å². The van der Waals surface area contributed by atoms with E-state index in [9.17, 15) is 14.7 Å². The van der Waals surface area contributed by atoms with E-state index in [1.165, 1.54) is 6.92 Å². The summed E-state index contributed by atoms with van der Waals surface area (Å²) >= 11 is 0. The fourth-order valence-electron chi connectivity index (χ4n) is 2.57. The van der Waals surface area contributed by atoms with Gasteiger partial charge in [0, 0.05) is 44.8 Å². The van der Waals surface area contributed by atoms with Gasteiger partial charge < -0.3 is 15.7 Å². The van der Waals surface area contributed by atoms with E-state index in [-0.39, 0.29) is 5.78 Å². The first-order chi connectivity index (χ1) is 11.1. The highest BCUT2D eigenvalue weighted by atomic mass is 16.4. The molecular weight excluding hydrogens is 296 g/mol. The minimum absolute atomic E-state index is 0.0316. The third kappa shape index (κ3) is 5.11. The van der Waals surface area contributed by atoms with Crippen molar-refractivity contribution < 1.29 is 14.7 Å². The molecule has 0 amide bonds. The van der Waals surface area contributed by atoms with Gasteiger partial charge in [-0.3, -0.25) is 15.0 Å². The quantitative estimate of drug-likeness (QED) is 0.581. The van der Waals surface area contributed by atoms with Crippen molar-refractivity contribution >= 4 is 11.8 Å². The van der Waals surface area contributed by atoms with Gasteiger partial charge in [0.2, 0.25) is 0 Å². The van der Waals surface area contributed by atoms with Crippen LogP contribution in [0.2, 0.25) is 0 Å². The van der Waals surface area contributed by atoms with Crippen LogP contribution in [0.5, 0.6) is 0 Å². The molecule has 1 aromatic carbocycles. The van der Waals surface area contributed by atoms with Crippen LogP contribution in [0.4, 0.5) is 0 Å². The first-order valence-corrected chi connectivity index (χ1v) is 7.85. The van der Waals surface area contributed by atoms with Gasteiger partial charge in [0.1, 0.15) is 6.04 Å². The summed E-state index contributed by atoms with van der Waals surface area (Å²) in [5, 5.41) is 17.9. The summed E-state index contributed by atoms with van der Waals surface area (Å²) in [5.74, 6) is -0.950. The number of hydrazine groups is 1. The number of hydrogen-bond donors (Lipinski definition) is 4. The Labute approximate surface area is 136 Å². The molecule has 23 heavy (non-hydrogen) atoms. The molecule has 0 spiro atoms. The Morgan fingerprint density at radius 3 is 2.26 bits per heavy atom. The molecule has 1 heterocycles. The molecule has 0 aromatic heterocycles. The minimum Gasteiger partial charge on any atom is -0.480 e. The van der Waals surface area contributed by atoms with E-state index < -0.39 is 12.0 Å². The third-order valence-corrected chi connectivity index (χ3v) is 3.80. The fraction of sp³-hybridized carbons (Fsp3) is 0.500. The lowest BCUT2D eigenvalue weighted by molar-refractivity contribution is -0.145. The van der Waals surface area contributed by atoms with E-state index in [4.69, 9.17) is 0 Å². The van der Waals surface area contributed by atoms with E-state index in [1.54, 1.807) is 29.3 Å². The van der Waals surface area contributed by atoms with Crippen molar-refractivity contribution in [3.63, 3.8) is 0 Å². The molecular formula is C16H24N4O3. The summed E-state index contributed by atoms with van der Waals surface area (Å²) in [4.78, 5) is 23.1. The lowest BCUT2D eigenvalue weighted by atomic mass is 10.0. The monoisotopic (exact) mass is 320 g/mol. The summed E-state index contributed by atoms with van der Waals surface area (Å²) in [6.45, 7) is 5.96. The van der Waals surface area contributed by atoms with Crippen LogP contribution in [0, 0.1) is 0 Å². The highest BCUT2D eigenvalue weighted by Crippen LogP contribution is 2.20. The molecule has 2 rings (SSSR count). The van der Waals surface area contributed by atoms with E-state index in [2.05, 4.69) is 16.1 Å². The highest BCUT2D eigenvalue weighted by Gasteiger charge is 2.27. The fourth-order valence-corrected chi connectivity index (χ4v) is 2.57. The first kappa shape index (κ1) is 17.6. The van der Waals surface area contributed by atoms with Gasteiger partial charge in [0.05, 0.1) is 0 Å². The zero-order chi connectivity index (χ0) is 16.7. The number of rotatable bonds is 4. The van der Waals surface area contributed by atoms with Crippen molar-refractivity contribution in [2.45, 2.75) is 13.0 Å². The smallest absolute Gasteiger partial charge is 0.326 e. The van der Waals surface area contributed by atoms with Crippen molar-refractivity contribution in [1.29, 1.82) is 0 Å². The normalized spacial score (nSPS) is 19.0. The predicted molar refractivity (Wildman–Crippen MR) is 87.3 cm³/mol. The molecule has 1 saturated heterocycles. The standard InChI is InChI=1S/C16H24N4O3/c1-12(21)13-2-4-14(5-3-13)15(16(22)23)20-11-10-18-7-6-17-8-9-19-20/h2-5,15,17-19H,6-11H2,1H3,(H,22,23). The zero-order valence-electron chi connectivity index (χ0n) is 13.3. The number of carbonyl (C=O) groups is 2. The third-order valence-electron chi connectivity index (χ3n) is 3.80. The number of aliphatic carboxylic acids is 1. The Morgan fingerprint density at radius 1 is 1.04 bits per heavy atom. The van der Waals surface area contributed by atoms with E-state index in [1.807, 2.05) is 0 Å². The SMILES string of the molecule is CC(=O)c1ccc(C(C(=O)O)N2CCNCCNCCN2)cc1. The van der Waals surface area contributed by atoms with Crippen LogP contribution in [-0.4, -0.2) is 61.1 Å². The number of carbonyl (C=O) groups excluding carboxylic acids is 1. The number of ketones is 1. The lowest BCUT2D eigenvalue weighted by Crippen LogP contribution is -2.50. The second-order valence-corrected chi connectivity index (χ2v) is 5.52. The molecule has 7 nitrogen and oxygen atoms in total. The number of nitrogens with zero attached hydrogens (tertiary/aromatic N) is 1. The maximum absolute atomic E-state index is 11.8.